The maximum atomic E-state index is 11.9. The second kappa shape index (κ2) is 8.23. The van der Waals surface area contributed by atoms with E-state index in [4.69, 9.17) is 0 Å². The molecule has 140 valence electrons. The molecule has 2 N–H and O–H groups in total. The molecule has 27 heavy (non-hydrogen) atoms. The normalized spacial score (nSPS) is 11.1. The van der Waals surface area contributed by atoms with Crippen molar-refractivity contribution in [2.45, 2.75) is 11.8 Å². The Labute approximate surface area is 154 Å². The van der Waals surface area contributed by atoms with Crippen LogP contribution in [-0.2, 0) is 19.6 Å². The second-order valence-electron chi connectivity index (χ2n) is 5.36. The lowest BCUT2D eigenvalue weighted by Crippen LogP contribution is -2.28. The smallest absolute Gasteiger partial charge is 0.269 e. The summed E-state index contributed by atoms with van der Waals surface area (Å²) in [5.74, 6) is -1.17. The summed E-state index contributed by atoms with van der Waals surface area (Å²) < 4.78 is 25.5. The number of benzene rings is 2. The number of carbonyl (C=O) groups excluding carboxylic acids is 2. The Hall–Kier alpha value is -3.53. The molecular weight excluding hydrogens is 374 g/mol. The van der Waals surface area contributed by atoms with E-state index in [1.54, 1.807) is 0 Å². The van der Waals surface area contributed by atoms with Gasteiger partial charge in [0.05, 0.1) is 9.82 Å². The molecule has 0 aliphatic heterocycles. The zero-order valence-electron chi connectivity index (χ0n) is 14.1. The standard InChI is InChI=1S/C17H15N3O6S/c1-12(21)19-27(25,26)16-9-5-14(6-10-16)18-17(22)11-4-13-2-7-15(8-3-13)20(23)24/h2-11H,1H3,(H,18,22)(H,19,21). The van der Waals surface area contributed by atoms with Gasteiger partial charge in [-0.25, -0.2) is 13.1 Å². The molecule has 0 saturated heterocycles. The molecular formula is C17H15N3O6S. The lowest BCUT2D eigenvalue weighted by atomic mass is 10.2. The molecule has 2 aromatic rings. The molecule has 9 nitrogen and oxygen atoms in total. The molecule has 2 amide bonds. The summed E-state index contributed by atoms with van der Waals surface area (Å²) in [4.78, 5) is 32.8. The number of non-ortho nitro benzene ring substituents is 1. The van der Waals surface area contributed by atoms with Gasteiger partial charge in [-0.1, -0.05) is 0 Å². The van der Waals surface area contributed by atoms with Crippen LogP contribution in [0, 0.1) is 10.1 Å². The zero-order valence-corrected chi connectivity index (χ0v) is 14.9. The van der Waals surface area contributed by atoms with Gasteiger partial charge in [-0.3, -0.25) is 19.7 Å². The van der Waals surface area contributed by atoms with Gasteiger partial charge in [-0.05, 0) is 48.0 Å². The molecule has 0 atom stereocenters. The van der Waals surface area contributed by atoms with Crippen molar-refractivity contribution >= 4 is 39.3 Å². The molecule has 10 heteroatoms. The molecule has 0 spiro atoms. The first-order valence-electron chi connectivity index (χ1n) is 7.54. The van der Waals surface area contributed by atoms with Gasteiger partial charge in [0.1, 0.15) is 0 Å². The summed E-state index contributed by atoms with van der Waals surface area (Å²) in [5, 5.41) is 13.1. The van der Waals surface area contributed by atoms with E-state index in [-0.39, 0.29) is 10.6 Å². The zero-order chi connectivity index (χ0) is 20.0. The molecule has 0 heterocycles. The van der Waals surface area contributed by atoms with Crippen molar-refractivity contribution in [2.24, 2.45) is 0 Å². The minimum absolute atomic E-state index is 0.0501. The summed E-state index contributed by atoms with van der Waals surface area (Å²) in [6.45, 7) is 1.09. The fourth-order valence-electron chi connectivity index (χ4n) is 2.03. The van der Waals surface area contributed by atoms with Gasteiger partial charge in [-0.15, -0.1) is 0 Å². The predicted molar refractivity (Wildman–Crippen MR) is 98.2 cm³/mol. The van der Waals surface area contributed by atoms with Crippen molar-refractivity contribution in [1.29, 1.82) is 0 Å². The summed E-state index contributed by atoms with van der Waals surface area (Å²) in [6, 6.07) is 10.9. The molecule has 0 aliphatic rings. The van der Waals surface area contributed by atoms with E-state index >= 15 is 0 Å². The van der Waals surface area contributed by atoms with Crippen LogP contribution in [-0.4, -0.2) is 25.2 Å². The number of sulfonamides is 1. The Kier molecular flexibility index (Phi) is 6.03. The highest BCUT2D eigenvalue weighted by Crippen LogP contribution is 2.15. The molecule has 0 saturated carbocycles. The van der Waals surface area contributed by atoms with Gasteiger partial charge in [0.25, 0.3) is 15.7 Å². The largest absolute Gasteiger partial charge is 0.323 e. The van der Waals surface area contributed by atoms with Crippen LogP contribution in [0.3, 0.4) is 0 Å². The van der Waals surface area contributed by atoms with Crippen LogP contribution in [0.15, 0.2) is 59.5 Å². The van der Waals surface area contributed by atoms with E-state index in [2.05, 4.69) is 5.32 Å². The van der Waals surface area contributed by atoms with Gasteiger partial charge < -0.3 is 5.32 Å². The Balaban J connectivity index is 2.01. The quantitative estimate of drug-likeness (QED) is 0.441. The topological polar surface area (TPSA) is 135 Å². The average molecular weight is 389 g/mol. The first kappa shape index (κ1) is 19.8. The van der Waals surface area contributed by atoms with Crippen molar-refractivity contribution in [2.75, 3.05) is 5.32 Å². The van der Waals surface area contributed by atoms with Crippen LogP contribution in [0.1, 0.15) is 12.5 Å². The van der Waals surface area contributed by atoms with Crippen LogP contribution in [0.25, 0.3) is 6.08 Å². The minimum Gasteiger partial charge on any atom is -0.323 e. The third-order valence-electron chi connectivity index (χ3n) is 3.24. The van der Waals surface area contributed by atoms with E-state index in [9.17, 15) is 28.1 Å². The predicted octanol–water partition coefficient (Wildman–Crippen LogP) is 2.07. The van der Waals surface area contributed by atoms with Crippen LogP contribution in [0.4, 0.5) is 11.4 Å². The Morgan fingerprint density at radius 3 is 2.15 bits per heavy atom. The first-order chi connectivity index (χ1) is 12.7. The highest BCUT2D eigenvalue weighted by atomic mass is 32.2. The number of nitrogens with zero attached hydrogens (tertiary/aromatic N) is 1. The number of rotatable bonds is 6. The number of anilines is 1. The summed E-state index contributed by atoms with van der Waals surface area (Å²) in [7, 11) is -3.93. The monoisotopic (exact) mass is 389 g/mol. The molecule has 2 rings (SSSR count). The molecule has 0 unspecified atom stereocenters. The lowest BCUT2D eigenvalue weighted by molar-refractivity contribution is -0.384. The van der Waals surface area contributed by atoms with Gasteiger partial charge in [0, 0.05) is 30.8 Å². The Bertz CT molecular complexity index is 996. The summed E-state index contributed by atoms with van der Waals surface area (Å²) in [5.41, 5.74) is 0.911. The minimum atomic E-state index is -3.93. The van der Waals surface area contributed by atoms with E-state index in [1.165, 1.54) is 60.7 Å². The van der Waals surface area contributed by atoms with Gasteiger partial charge in [-0.2, -0.15) is 0 Å². The van der Waals surface area contributed by atoms with Crippen molar-refractivity contribution < 1.29 is 22.9 Å². The SMILES string of the molecule is CC(=O)NS(=O)(=O)c1ccc(NC(=O)C=Cc2ccc([N+](=O)[O-])cc2)cc1. The van der Waals surface area contributed by atoms with Gasteiger partial charge in [0.15, 0.2) is 0 Å². The van der Waals surface area contributed by atoms with Crippen molar-refractivity contribution in [3.63, 3.8) is 0 Å². The number of nitro groups is 1. The van der Waals surface area contributed by atoms with Gasteiger partial charge in [0.2, 0.25) is 11.8 Å². The fraction of sp³-hybridized carbons (Fsp3) is 0.0588. The maximum absolute atomic E-state index is 11.9. The number of hydrogen-bond acceptors (Lipinski definition) is 6. The Morgan fingerprint density at radius 2 is 1.63 bits per heavy atom. The van der Waals surface area contributed by atoms with Gasteiger partial charge >= 0.3 is 0 Å². The van der Waals surface area contributed by atoms with Crippen LogP contribution < -0.4 is 10.0 Å². The highest BCUT2D eigenvalue weighted by Gasteiger charge is 2.15. The van der Waals surface area contributed by atoms with Crippen molar-refractivity contribution in [3.05, 3.63) is 70.3 Å². The first-order valence-corrected chi connectivity index (χ1v) is 9.03. The number of amides is 2. The summed E-state index contributed by atoms with van der Waals surface area (Å²) >= 11 is 0. The van der Waals surface area contributed by atoms with Crippen molar-refractivity contribution in [1.82, 2.24) is 4.72 Å². The number of nitrogens with one attached hydrogen (secondary N) is 2. The second-order valence-corrected chi connectivity index (χ2v) is 7.04. The molecule has 0 aromatic heterocycles. The fourth-order valence-corrected chi connectivity index (χ4v) is 3.02. The Morgan fingerprint density at radius 1 is 1.04 bits per heavy atom. The van der Waals surface area contributed by atoms with Crippen LogP contribution in [0.2, 0.25) is 0 Å². The van der Waals surface area contributed by atoms with Crippen LogP contribution >= 0.6 is 0 Å². The molecule has 2 aromatic carbocycles. The number of carbonyl (C=O) groups is 2. The van der Waals surface area contributed by atoms with E-state index in [0.717, 1.165) is 6.92 Å². The number of hydrogen-bond donors (Lipinski definition) is 2. The van der Waals surface area contributed by atoms with Crippen molar-refractivity contribution in [3.8, 4) is 0 Å². The van der Waals surface area contributed by atoms with E-state index in [0.29, 0.717) is 11.3 Å². The highest BCUT2D eigenvalue weighted by molar-refractivity contribution is 7.90. The van der Waals surface area contributed by atoms with Crippen LogP contribution in [0.5, 0.6) is 0 Å². The molecule has 0 aliphatic carbocycles. The molecule has 0 radical (unpaired) electrons. The third-order valence-corrected chi connectivity index (χ3v) is 4.69. The molecule has 0 bridgehead atoms. The van der Waals surface area contributed by atoms with E-state index < -0.39 is 26.8 Å². The third kappa shape index (κ3) is 5.75. The number of nitro benzene ring substituents is 1. The average Bonchev–Trinajstić information content (AvgIpc) is 2.59. The molecule has 0 fully saturated rings. The maximum Gasteiger partial charge on any atom is 0.269 e. The van der Waals surface area contributed by atoms with E-state index in [1.807, 2.05) is 4.72 Å². The summed E-state index contributed by atoms with van der Waals surface area (Å²) in [6.07, 6.45) is 2.72. The lowest BCUT2D eigenvalue weighted by Gasteiger charge is -2.06.